The molecule has 2 unspecified atom stereocenters. The normalized spacial score (nSPS) is 13.4. The Balaban J connectivity index is 1.92. The molecule has 0 radical (unpaired) electrons. The zero-order chi connectivity index (χ0) is 20.6. The summed E-state index contributed by atoms with van der Waals surface area (Å²) in [6.07, 6.45) is -7.59. The van der Waals surface area contributed by atoms with Crippen molar-refractivity contribution in [2.24, 2.45) is 0 Å². The Morgan fingerprint density at radius 3 is 1.89 bits per heavy atom. The van der Waals surface area contributed by atoms with E-state index in [0.717, 1.165) is 0 Å². The first kappa shape index (κ1) is 21.4. The van der Waals surface area contributed by atoms with E-state index in [1.165, 1.54) is 12.1 Å². The van der Waals surface area contributed by atoms with Crippen LogP contribution in [-0.2, 0) is 0 Å². The Bertz CT molecular complexity index is 767. The van der Waals surface area contributed by atoms with Gasteiger partial charge < -0.3 is 15.7 Å². The Labute approximate surface area is 160 Å². The van der Waals surface area contributed by atoms with Gasteiger partial charge in [-0.3, -0.25) is 9.59 Å². The molecule has 0 aliphatic carbocycles. The summed E-state index contributed by atoms with van der Waals surface area (Å²) >= 11 is 0. The number of aliphatic hydroxyl groups excluding tert-OH is 1. The number of rotatable bonds is 8. The summed E-state index contributed by atoms with van der Waals surface area (Å²) in [6, 6.07) is 14.6. The molecule has 0 aliphatic heterocycles. The fraction of sp³-hybridized carbons (Fsp3) is 0.300. The summed E-state index contributed by atoms with van der Waals surface area (Å²) in [5.74, 6) is -1.05. The quantitative estimate of drug-likeness (QED) is 0.603. The SMILES string of the molecule is O=C(NCCCC(NC(=O)c1ccccc1)C(O)C(F)(F)F)c1ccccc1. The van der Waals surface area contributed by atoms with Gasteiger partial charge in [-0.1, -0.05) is 36.4 Å². The zero-order valence-electron chi connectivity index (χ0n) is 14.9. The average Bonchev–Trinajstić information content (AvgIpc) is 2.70. The second-order valence-electron chi connectivity index (χ2n) is 6.20. The topological polar surface area (TPSA) is 78.4 Å². The number of carbonyl (C=O) groups is 2. The molecule has 0 spiro atoms. The third-order valence-corrected chi connectivity index (χ3v) is 4.08. The second-order valence-corrected chi connectivity index (χ2v) is 6.20. The van der Waals surface area contributed by atoms with Gasteiger partial charge in [-0.25, -0.2) is 0 Å². The predicted octanol–water partition coefficient (Wildman–Crippen LogP) is 2.92. The van der Waals surface area contributed by atoms with Crippen LogP contribution < -0.4 is 10.6 Å². The number of hydrogen-bond acceptors (Lipinski definition) is 3. The molecule has 3 N–H and O–H groups in total. The van der Waals surface area contributed by atoms with Gasteiger partial charge in [0.1, 0.15) is 0 Å². The average molecular weight is 394 g/mol. The van der Waals surface area contributed by atoms with Crippen LogP contribution in [0.4, 0.5) is 13.2 Å². The summed E-state index contributed by atoms with van der Waals surface area (Å²) in [6.45, 7) is 0.107. The van der Waals surface area contributed by atoms with E-state index in [2.05, 4.69) is 10.6 Å². The molecular weight excluding hydrogens is 373 g/mol. The Morgan fingerprint density at radius 1 is 0.893 bits per heavy atom. The minimum Gasteiger partial charge on any atom is -0.382 e. The van der Waals surface area contributed by atoms with Crippen LogP contribution >= 0.6 is 0 Å². The monoisotopic (exact) mass is 394 g/mol. The third-order valence-electron chi connectivity index (χ3n) is 4.08. The lowest BCUT2D eigenvalue weighted by Gasteiger charge is -2.26. The maximum absolute atomic E-state index is 12.9. The van der Waals surface area contributed by atoms with Crippen LogP contribution in [0.5, 0.6) is 0 Å². The molecule has 0 saturated heterocycles. The van der Waals surface area contributed by atoms with Crippen molar-refractivity contribution in [1.82, 2.24) is 10.6 Å². The fourth-order valence-corrected chi connectivity index (χ4v) is 2.59. The minimum absolute atomic E-state index is 0.107. The summed E-state index contributed by atoms with van der Waals surface area (Å²) in [4.78, 5) is 24.1. The van der Waals surface area contributed by atoms with E-state index in [1.54, 1.807) is 48.5 Å². The van der Waals surface area contributed by atoms with Crippen LogP contribution in [0.1, 0.15) is 33.6 Å². The number of amides is 2. The van der Waals surface area contributed by atoms with Crippen molar-refractivity contribution < 1.29 is 27.9 Å². The predicted molar refractivity (Wildman–Crippen MR) is 97.8 cm³/mol. The van der Waals surface area contributed by atoms with Gasteiger partial charge >= 0.3 is 6.18 Å². The highest BCUT2D eigenvalue weighted by Gasteiger charge is 2.43. The number of halogens is 3. The Hall–Kier alpha value is -2.87. The highest BCUT2D eigenvalue weighted by Crippen LogP contribution is 2.24. The molecule has 2 aromatic rings. The lowest BCUT2D eigenvalue weighted by Crippen LogP contribution is -2.50. The van der Waals surface area contributed by atoms with Crippen molar-refractivity contribution in [3.8, 4) is 0 Å². The van der Waals surface area contributed by atoms with Gasteiger partial charge in [0.2, 0.25) is 0 Å². The third kappa shape index (κ3) is 6.38. The van der Waals surface area contributed by atoms with E-state index >= 15 is 0 Å². The lowest BCUT2D eigenvalue weighted by molar-refractivity contribution is -0.211. The van der Waals surface area contributed by atoms with Crippen LogP contribution in [0.25, 0.3) is 0 Å². The van der Waals surface area contributed by atoms with E-state index in [4.69, 9.17) is 0 Å². The zero-order valence-corrected chi connectivity index (χ0v) is 14.9. The molecule has 5 nitrogen and oxygen atoms in total. The van der Waals surface area contributed by atoms with Crippen LogP contribution in [0, 0.1) is 0 Å². The number of nitrogens with one attached hydrogen (secondary N) is 2. The van der Waals surface area contributed by atoms with Crippen molar-refractivity contribution >= 4 is 11.8 Å². The van der Waals surface area contributed by atoms with Crippen molar-refractivity contribution in [2.45, 2.75) is 31.2 Å². The van der Waals surface area contributed by atoms with Crippen LogP contribution in [0.3, 0.4) is 0 Å². The van der Waals surface area contributed by atoms with Gasteiger partial charge in [-0.05, 0) is 37.1 Å². The molecule has 0 aliphatic rings. The standard InChI is InChI=1S/C20H21F3N2O3/c21-20(22,23)17(26)16(25-19(28)15-10-5-2-6-11-15)12-7-13-24-18(27)14-8-3-1-4-9-14/h1-6,8-11,16-17,26H,7,12-13H2,(H,24,27)(H,25,28). The molecule has 2 rings (SSSR count). The molecule has 28 heavy (non-hydrogen) atoms. The maximum atomic E-state index is 12.9. The number of carbonyl (C=O) groups excluding carboxylic acids is 2. The highest BCUT2D eigenvalue weighted by atomic mass is 19.4. The summed E-state index contributed by atoms with van der Waals surface area (Å²) in [7, 11) is 0. The van der Waals surface area contributed by atoms with E-state index in [0.29, 0.717) is 5.56 Å². The largest absolute Gasteiger partial charge is 0.416 e. The molecule has 0 saturated carbocycles. The van der Waals surface area contributed by atoms with Crippen molar-refractivity contribution in [2.75, 3.05) is 6.54 Å². The maximum Gasteiger partial charge on any atom is 0.416 e. The highest BCUT2D eigenvalue weighted by molar-refractivity contribution is 5.94. The summed E-state index contributed by atoms with van der Waals surface area (Å²) in [5, 5.41) is 14.4. The molecule has 8 heteroatoms. The summed E-state index contributed by atoms with van der Waals surface area (Å²) < 4.78 is 38.8. The van der Waals surface area contributed by atoms with Crippen molar-refractivity contribution in [3.05, 3.63) is 71.8 Å². The van der Waals surface area contributed by atoms with Crippen LogP contribution in [0.2, 0.25) is 0 Å². The van der Waals surface area contributed by atoms with E-state index in [-0.39, 0.29) is 30.9 Å². The van der Waals surface area contributed by atoms with Crippen LogP contribution in [0.15, 0.2) is 60.7 Å². The smallest absolute Gasteiger partial charge is 0.382 e. The first-order valence-electron chi connectivity index (χ1n) is 8.73. The van der Waals surface area contributed by atoms with Gasteiger partial charge in [0.05, 0.1) is 6.04 Å². The van der Waals surface area contributed by atoms with Gasteiger partial charge in [-0.2, -0.15) is 13.2 Å². The van der Waals surface area contributed by atoms with Gasteiger partial charge in [0.15, 0.2) is 6.10 Å². The number of hydrogen-bond donors (Lipinski definition) is 3. The van der Waals surface area contributed by atoms with Gasteiger partial charge in [-0.15, -0.1) is 0 Å². The molecule has 150 valence electrons. The molecule has 0 heterocycles. The van der Waals surface area contributed by atoms with Crippen molar-refractivity contribution in [1.29, 1.82) is 0 Å². The number of aliphatic hydroxyl groups is 1. The molecule has 0 fully saturated rings. The fourth-order valence-electron chi connectivity index (χ4n) is 2.59. The van der Waals surface area contributed by atoms with E-state index in [9.17, 15) is 27.9 Å². The minimum atomic E-state index is -4.87. The van der Waals surface area contributed by atoms with Gasteiger partial charge in [0.25, 0.3) is 11.8 Å². The molecule has 0 aromatic heterocycles. The van der Waals surface area contributed by atoms with E-state index in [1.807, 2.05) is 0 Å². The Kier molecular flexibility index (Phi) is 7.57. The molecular formula is C20H21F3N2O3. The Morgan fingerprint density at radius 2 is 1.39 bits per heavy atom. The lowest BCUT2D eigenvalue weighted by atomic mass is 10.0. The second kappa shape index (κ2) is 9.89. The van der Waals surface area contributed by atoms with Crippen LogP contribution in [-0.4, -0.2) is 41.8 Å². The number of benzene rings is 2. The number of alkyl halides is 3. The first-order chi connectivity index (χ1) is 13.3. The molecule has 2 atom stereocenters. The van der Waals surface area contributed by atoms with E-state index < -0.39 is 24.2 Å². The first-order valence-corrected chi connectivity index (χ1v) is 8.73. The van der Waals surface area contributed by atoms with Crippen molar-refractivity contribution in [3.63, 3.8) is 0 Å². The molecule has 0 bridgehead atoms. The molecule has 2 aromatic carbocycles. The van der Waals surface area contributed by atoms with Gasteiger partial charge in [0, 0.05) is 17.7 Å². The molecule has 2 amide bonds. The summed E-state index contributed by atoms with van der Waals surface area (Å²) in [5.41, 5.74) is 0.631.